The molecule has 0 spiro atoms. The zero-order chi connectivity index (χ0) is 16.6. The molecule has 0 aliphatic heterocycles. The zero-order valence-electron chi connectivity index (χ0n) is 13.2. The second-order valence-electron chi connectivity index (χ2n) is 5.30. The molecule has 3 aromatic rings. The molecular weight excluding hydrogens is 310 g/mol. The average molecular weight is 327 g/mol. The van der Waals surface area contributed by atoms with Crippen LogP contribution in [-0.2, 0) is 13.6 Å². The number of hydrogen-bond donors (Lipinski definition) is 2. The summed E-state index contributed by atoms with van der Waals surface area (Å²) in [5.41, 5.74) is 3.53. The van der Waals surface area contributed by atoms with Crippen LogP contribution in [0.4, 0.5) is 0 Å². The predicted molar refractivity (Wildman–Crippen MR) is 91.4 cm³/mol. The number of nitrogens with one attached hydrogen (secondary N) is 2. The van der Waals surface area contributed by atoms with Crippen molar-refractivity contribution in [1.82, 2.24) is 19.9 Å². The second-order valence-corrected chi connectivity index (χ2v) is 6.51. The smallest absolute Gasteiger partial charge is 0.269 e. The van der Waals surface area contributed by atoms with E-state index >= 15 is 0 Å². The van der Waals surface area contributed by atoms with Crippen molar-refractivity contribution in [2.45, 2.75) is 20.4 Å². The molecule has 0 saturated carbocycles. The van der Waals surface area contributed by atoms with E-state index < -0.39 is 0 Å². The molecule has 3 aromatic heterocycles. The first-order valence-corrected chi connectivity index (χ1v) is 8.00. The van der Waals surface area contributed by atoms with Crippen molar-refractivity contribution in [1.29, 1.82) is 5.41 Å². The van der Waals surface area contributed by atoms with Gasteiger partial charge in [0.25, 0.3) is 5.91 Å². The number of rotatable bonds is 4. The van der Waals surface area contributed by atoms with Crippen LogP contribution in [0, 0.1) is 19.3 Å². The fourth-order valence-corrected chi connectivity index (χ4v) is 3.54. The summed E-state index contributed by atoms with van der Waals surface area (Å²) in [5.74, 6) is -0.225. The van der Waals surface area contributed by atoms with Gasteiger partial charge >= 0.3 is 0 Å². The Balaban J connectivity index is 1.90. The van der Waals surface area contributed by atoms with Crippen molar-refractivity contribution in [3.05, 3.63) is 45.9 Å². The van der Waals surface area contributed by atoms with Crippen LogP contribution in [0.3, 0.4) is 0 Å². The number of hydrogen-bond acceptors (Lipinski definition) is 5. The maximum Gasteiger partial charge on any atom is 0.269 e. The molecule has 0 fully saturated rings. The van der Waals surface area contributed by atoms with E-state index in [0.717, 1.165) is 26.7 Å². The van der Waals surface area contributed by atoms with Crippen molar-refractivity contribution in [2.24, 2.45) is 7.05 Å². The molecule has 0 atom stereocenters. The Morgan fingerprint density at radius 2 is 2.17 bits per heavy atom. The second kappa shape index (κ2) is 5.92. The Labute approximate surface area is 137 Å². The lowest BCUT2D eigenvalue weighted by atomic mass is 10.2. The van der Waals surface area contributed by atoms with Gasteiger partial charge in [0.05, 0.1) is 21.9 Å². The minimum absolute atomic E-state index is 0.225. The number of pyridine rings is 1. The van der Waals surface area contributed by atoms with Crippen molar-refractivity contribution in [3.63, 3.8) is 0 Å². The summed E-state index contributed by atoms with van der Waals surface area (Å²) in [5, 5.41) is 11.5. The maximum atomic E-state index is 12.6. The predicted octanol–water partition coefficient (Wildman–Crippen LogP) is 2.57. The first kappa shape index (κ1) is 15.4. The SMILES string of the molecule is Cc1cccc(CNC(=O)c2c(C=N)c3sc(C)nc3n2C)n1. The highest BCUT2D eigenvalue weighted by molar-refractivity contribution is 7.18. The third-order valence-electron chi connectivity index (χ3n) is 3.60. The minimum Gasteiger partial charge on any atom is -0.345 e. The van der Waals surface area contributed by atoms with E-state index in [4.69, 9.17) is 5.41 Å². The first-order chi connectivity index (χ1) is 11.0. The molecule has 1 amide bonds. The van der Waals surface area contributed by atoms with Gasteiger partial charge in [-0.3, -0.25) is 9.78 Å². The number of carbonyl (C=O) groups is 1. The van der Waals surface area contributed by atoms with Gasteiger partial charge in [0.15, 0.2) is 5.65 Å². The number of aryl methyl sites for hydroxylation is 3. The van der Waals surface area contributed by atoms with Crippen molar-refractivity contribution >= 4 is 33.8 Å². The topological polar surface area (TPSA) is 83.7 Å². The summed E-state index contributed by atoms with van der Waals surface area (Å²) in [6.07, 6.45) is 1.22. The Morgan fingerprint density at radius 1 is 1.39 bits per heavy atom. The van der Waals surface area contributed by atoms with Gasteiger partial charge in [-0.2, -0.15) is 0 Å². The molecule has 0 aromatic carbocycles. The van der Waals surface area contributed by atoms with Crippen LogP contribution in [0.15, 0.2) is 18.2 Å². The third kappa shape index (κ3) is 2.75. The fourth-order valence-electron chi connectivity index (χ4n) is 2.57. The van der Waals surface area contributed by atoms with E-state index in [1.54, 1.807) is 11.6 Å². The average Bonchev–Trinajstić information content (AvgIpc) is 3.01. The van der Waals surface area contributed by atoms with E-state index in [1.165, 1.54) is 17.6 Å². The molecule has 6 nitrogen and oxygen atoms in total. The van der Waals surface area contributed by atoms with Crippen LogP contribution in [0.25, 0.3) is 10.3 Å². The summed E-state index contributed by atoms with van der Waals surface area (Å²) >= 11 is 1.50. The van der Waals surface area contributed by atoms with E-state index in [9.17, 15) is 4.79 Å². The molecule has 0 aliphatic carbocycles. The third-order valence-corrected chi connectivity index (χ3v) is 4.60. The summed E-state index contributed by atoms with van der Waals surface area (Å²) in [6, 6.07) is 5.70. The molecule has 2 N–H and O–H groups in total. The fraction of sp³-hybridized carbons (Fsp3) is 0.250. The quantitative estimate of drug-likeness (QED) is 0.722. The molecule has 0 aliphatic rings. The van der Waals surface area contributed by atoms with Gasteiger partial charge in [-0.15, -0.1) is 11.3 Å². The standard InChI is InChI=1S/C16H17N5OS/c1-9-5-4-6-11(19-9)8-18-16(22)13-12(7-17)14-15(21(13)3)20-10(2)23-14/h4-7,17H,8H2,1-3H3,(H,18,22). The van der Waals surface area contributed by atoms with Crippen LogP contribution in [-0.4, -0.2) is 26.7 Å². The minimum atomic E-state index is -0.225. The van der Waals surface area contributed by atoms with Gasteiger partial charge < -0.3 is 15.3 Å². The van der Waals surface area contributed by atoms with Crippen molar-refractivity contribution < 1.29 is 4.79 Å². The number of thiazole rings is 1. The van der Waals surface area contributed by atoms with Gasteiger partial charge in [-0.25, -0.2) is 4.98 Å². The Kier molecular flexibility index (Phi) is 3.96. The summed E-state index contributed by atoms with van der Waals surface area (Å²) in [6.45, 7) is 4.18. The van der Waals surface area contributed by atoms with Crippen LogP contribution in [0.2, 0.25) is 0 Å². The monoisotopic (exact) mass is 327 g/mol. The van der Waals surface area contributed by atoms with E-state index in [2.05, 4.69) is 15.3 Å². The molecule has 7 heteroatoms. The zero-order valence-corrected chi connectivity index (χ0v) is 14.0. The highest BCUT2D eigenvalue weighted by Crippen LogP contribution is 2.29. The summed E-state index contributed by atoms with van der Waals surface area (Å²) in [4.78, 5) is 21.4. The largest absolute Gasteiger partial charge is 0.345 e. The number of carbonyl (C=O) groups excluding carboxylic acids is 1. The van der Waals surface area contributed by atoms with E-state index in [-0.39, 0.29) is 5.91 Å². The van der Waals surface area contributed by atoms with Crippen molar-refractivity contribution in [3.8, 4) is 0 Å². The Hall–Kier alpha value is -2.54. The molecule has 0 saturated heterocycles. The van der Waals surface area contributed by atoms with E-state index in [0.29, 0.717) is 17.8 Å². The van der Waals surface area contributed by atoms with Gasteiger partial charge in [-0.05, 0) is 26.0 Å². The molecule has 118 valence electrons. The Morgan fingerprint density at radius 3 is 2.87 bits per heavy atom. The number of fused-ring (bicyclic) bond motifs is 1. The molecule has 3 rings (SSSR count). The normalized spacial score (nSPS) is 10.9. The van der Waals surface area contributed by atoms with Crippen molar-refractivity contribution in [2.75, 3.05) is 0 Å². The number of amides is 1. The van der Waals surface area contributed by atoms with Gasteiger partial charge in [0.2, 0.25) is 0 Å². The lowest BCUT2D eigenvalue weighted by Gasteiger charge is -2.07. The lowest BCUT2D eigenvalue weighted by molar-refractivity contribution is 0.0942. The Bertz CT molecular complexity index is 909. The molecular formula is C16H17N5OS. The molecule has 0 bridgehead atoms. The van der Waals surface area contributed by atoms with Crippen LogP contribution >= 0.6 is 11.3 Å². The number of aromatic nitrogens is 3. The molecule has 23 heavy (non-hydrogen) atoms. The first-order valence-electron chi connectivity index (χ1n) is 7.18. The maximum absolute atomic E-state index is 12.6. The van der Waals surface area contributed by atoms with Crippen LogP contribution in [0.1, 0.15) is 32.4 Å². The molecule has 0 unspecified atom stereocenters. The summed E-state index contributed by atoms with van der Waals surface area (Å²) in [7, 11) is 1.80. The van der Waals surface area contributed by atoms with E-state index in [1.807, 2.05) is 32.0 Å². The van der Waals surface area contributed by atoms with Gasteiger partial charge in [-0.1, -0.05) is 6.07 Å². The van der Waals surface area contributed by atoms with Gasteiger partial charge in [0, 0.05) is 24.5 Å². The molecule has 0 radical (unpaired) electrons. The lowest BCUT2D eigenvalue weighted by Crippen LogP contribution is -2.26. The highest BCUT2D eigenvalue weighted by atomic mass is 32.1. The number of nitrogens with zero attached hydrogens (tertiary/aromatic N) is 3. The van der Waals surface area contributed by atoms with Crippen LogP contribution < -0.4 is 5.32 Å². The van der Waals surface area contributed by atoms with Crippen LogP contribution in [0.5, 0.6) is 0 Å². The summed E-state index contributed by atoms with van der Waals surface area (Å²) < 4.78 is 2.62. The highest BCUT2D eigenvalue weighted by Gasteiger charge is 2.22. The molecule has 3 heterocycles. The van der Waals surface area contributed by atoms with Gasteiger partial charge in [0.1, 0.15) is 5.69 Å².